The maximum Gasteiger partial charge on any atom is 0.125 e. The molecule has 0 aliphatic carbocycles. The van der Waals surface area contributed by atoms with Crippen LogP contribution in [0.2, 0.25) is 0 Å². The molecule has 0 unspecified atom stereocenters. The molecule has 1 aliphatic heterocycles. The Morgan fingerprint density at radius 3 is 3.16 bits per heavy atom. The average molecular weight is 276 g/mol. The lowest BCUT2D eigenvalue weighted by atomic mass is 10.2. The van der Waals surface area contributed by atoms with Crippen LogP contribution >= 0.6 is 11.3 Å². The zero-order chi connectivity index (χ0) is 13.1. The lowest BCUT2D eigenvalue weighted by Crippen LogP contribution is -2.38. The quantitative estimate of drug-likeness (QED) is 0.856. The number of aryl methyl sites for hydroxylation is 1. The summed E-state index contributed by atoms with van der Waals surface area (Å²) in [5.41, 5.74) is 0.969. The molecule has 1 saturated heterocycles. The average Bonchev–Trinajstić information content (AvgIpc) is 2.92. The minimum atomic E-state index is 0.0374. The first-order valence-corrected chi connectivity index (χ1v) is 7.21. The molecule has 19 heavy (non-hydrogen) atoms. The Morgan fingerprint density at radius 2 is 2.37 bits per heavy atom. The zero-order valence-electron chi connectivity index (χ0n) is 10.8. The lowest BCUT2D eigenvalue weighted by molar-refractivity contribution is -0.0351. The molecule has 1 fully saturated rings. The summed E-state index contributed by atoms with van der Waals surface area (Å²) in [4.78, 5) is 15.3. The molecule has 6 heteroatoms. The summed E-state index contributed by atoms with van der Waals surface area (Å²) in [5.74, 6) is 0.790. The summed E-state index contributed by atoms with van der Waals surface area (Å²) in [6.07, 6.45) is 3.68. The van der Waals surface area contributed by atoms with E-state index in [1.165, 1.54) is 0 Å². The third kappa shape index (κ3) is 3.15. The predicted molar refractivity (Wildman–Crippen MR) is 72.9 cm³/mol. The SMILES string of the molecule is Cc1nccc([C@@H]2CN(Cc3nccs3)CCO2)n1. The molecule has 3 rings (SSSR count). The van der Waals surface area contributed by atoms with E-state index < -0.39 is 0 Å². The molecule has 3 heterocycles. The van der Waals surface area contributed by atoms with E-state index in [1.54, 1.807) is 17.5 Å². The van der Waals surface area contributed by atoms with Crippen molar-refractivity contribution in [3.63, 3.8) is 0 Å². The summed E-state index contributed by atoms with van der Waals surface area (Å²) in [7, 11) is 0. The maximum atomic E-state index is 5.82. The van der Waals surface area contributed by atoms with Gasteiger partial charge < -0.3 is 4.74 Å². The fourth-order valence-corrected chi connectivity index (χ4v) is 2.86. The van der Waals surface area contributed by atoms with E-state index >= 15 is 0 Å². The first-order valence-electron chi connectivity index (χ1n) is 6.33. The van der Waals surface area contributed by atoms with E-state index in [0.29, 0.717) is 0 Å². The molecule has 0 bridgehead atoms. The van der Waals surface area contributed by atoms with Gasteiger partial charge in [0.25, 0.3) is 0 Å². The predicted octanol–water partition coefficient (Wildman–Crippen LogP) is 1.82. The van der Waals surface area contributed by atoms with Crippen molar-refractivity contribution >= 4 is 11.3 Å². The van der Waals surface area contributed by atoms with Gasteiger partial charge in [0, 0.05) is 30.9 Å². The molecule has 2 aromatic heterocycles. The molecule has 0 amide bonds. The largest absolute Gasteiger partial charge is 0.369 e. The highest BCUT2D eigenvalue weighted by Gasteiger charge is 2.23. The summed E-state index contributed by atoms with van der Waals surface area (Å²) in [5, 5.41) is 3.17. The van der Waals surface area contributed by atoms with Crippen LogP contribution in [0.25, 0.3) is 0 Å². The number of ether oxygens (including phenoxy) is 1. The highest BCUT2D eigenvalue weighted by Crippen LogP contribution is 2.22. The standard InChI is InChI=1S/C13H16N4OS/c1-10-14-3-2-11(16-10)12-8-17(5-6-18-12)9-13-15-4-7-19-13/h2-4,7,12H,5-6,8-9H2,1H3/t12-/m0/s1. The Hall–Kier alpha value is -1.37. The molecular formula is C13H16N4OS. The number of nitrogens with zero attached hydrogens (tertiary/aromatic N) is 4. The van der Waals surface area contributed by atoms with Gasteiger partial charge in [-0.3, -0.25) is 4.90 Å². The van der Waals surface area contributed by atoms with Crippen LogP contribution in [0.5, 0.6) is 0 Å². The Morgan fingerprint density at radius 1 is 1.42 bits per heavy atom. The molecule has 0 aromatic carbocycles. The van der Waals surface area contributed by atoms with Crippen LogP contribution in [0.1, 0.15) is 22.6 Å². The molecule has 0 radical (unpaired) electrons. The van der Waals surface area contributed by atoms with Crippen molar-refractivity contribution in [2.24, 2.45) is 0 Å². The van der Waals surface area contributed by atoms with Crippen molar-refractivity contribution < 1.29 is 4.74 Å². The molecule has 0 N–H and O–H groups in total. The van der Waals surface area contributed by atoms with Gasteiger partial charge in [0.15, 0.2) is 0 Å². The van der Waals surface area contributed by atoms with Gasteiger partial charge in [-0.2, -0.15) is 0 Å². The van der Waals surface area contributed by atoms with Crippen molar-refractivity contribution in [1.29, 1.82) is 0 Å². The maximum absolute atomic E-state index is 5.82. The van der Waals surface area contributed by atoms with E-state index in [2.05, 4.69) is 19.9 Å². The van der Waals surface area contributed by atoms with Crippen LogP contribution in [0, 0.1) is 6.92 Å². The Balaban J connectivity index is 1.67. The molecule has 0 saturated carbocycles. The second-order valence-corrected chi connectivity index (χ2v) is 5.53. The van der Waals surface area contributed by atoms with Crippen LogP contribution in [0.3, 0.4) is 0 Å². The lowest BCUT2D eigenvalue weighted by Gasteiger charge is -2.32. The fourth-order valence-electron chi connectivity index (χ4n) is 2.20. The number of aromatic nitrogens is 3. The molecule has 1 atom stereocenters. The van der Waals surface area contributed by atoms with Crippen molar-refractivity contribution in [2.45, 2.75) is 19.6 Å². The van der Waals surface area contributed by atoms with Gasteiger partial charge in [-0.05, 0) is 13.0 Å². The molecule has 5 nitrogen and oxygen atoms in total. The van der Waals surface area contributed by atoms with E-state index in [-0.39, 0.29) is 6.10 Å². The Kier molecular flexibility index (Phi) is 3.82. The minimum absolute atomic E-state index is 0.0374. The highest BCUT2D eigenvalue weighted by molar-refractivity contribution is 7.09. The van der Waals surface area contributed by atoms with Crippen LogP contribution in [0.4, 0.5) is 0 Å². The minimum Gasteiger partial charge on any atom is -0.369 e. The van der Waals surface area contributed by atoms with Gasteiger partial charge in [-0.1, -0.05) is 0 Å². The van der Waals surface area contributed by atoms with Gasteiger partial charge in [0.05, 0.1) is 18.8 Å². The normalized spacial score (nSPS) is 20.6. The van der Waals surface area contributed by atoms with Crippen molar-refractivity contribution in [2.75, 3.05) is 19.7 Å². The van der Waals surface area contributed by atoms with Gasteiger partial charge in [0.1, 0.15) is 16.9 Å². The second-order valence-electron chi connectivity index (χ2n) is 4.55. The number of thiazole rings is 1. The summed E-state index contributed by atoms with van der Waals surface area (Å²) in [6.45, 7) is 5.33. The summed E-state index contributed by atoms with van der Waals surface area (Å²) in [6, 6.07) is 1.94. The molecule has 0 spiro atoms. The summed E-state index contributed by atoms with van der Waals surface area (Å²) < 4.78 is 5.82. The van der Waals surface area contributed by atoms with Crippen LogP contribution in [-0.4, -0.2) is 39.5 Å². The first-order chi connectivity index (χ1) is 9.31. The van der Waals surface area contributed by atoms with Crippen LogP contribution in [0.15, 0.2) is 23.8 Å². The van der Waals surface area contributed by atoms with Crippen LogP contribution in [-0.2, 0) is 11.3 Å². The van der Waals surface area contributed by atoms with E-state index in [4.69, 9.17) is 4.74 Å². The van der Waals surface area contributed by atoms with E-state index in [1.807, 2.05) is 24.6 Å². The fraction of sp³-hybridized carbons (Fsp3) is 0.462. The molecular weight excluding hydrogens is 260 g/mol. The number of hydrogen-bond acceptors (Lipinski definition) is 6. The Bertz CT molecular complexity index is 531. The monoisotopic (exact) mass is 276 g/mol. The topological polar surface area (TPSA) is 51.1 Å². The molecule has 2 aromatic rings. The first kappa shape index (κ1) is 12.7. The summed E-state index contributed by atoms with van der Waals surface area (Å²) >= 11 is 1.70. The molecule has 1 aliphatic rings. The second kappa shape index (κ2) is 5.73. The smallest absolute Gasteiger partial charge is 0.125 e. The van der Waals surface area contributed by atoms with Gasteiger partial charge >= 0.3 is 0 Å². The third-order valence-electron chi connectivity index (χ3n) is 3.12. The highest BCUT2D eigenvalue weighted by atomic mass is 32.1. The third-order valence-corrected chi connectivity index (χ3v) is 3.88. The molecule has 100 valence electrons. The Labute approximate surface area is 116 Å². The number of rotatable bonds is 3. The van der Waals surface area contributed by atoms with Crippen molar-refractivity contribution in [3.8, 4) is 0 Å². The van der Waals surface area contributed by atoms with E-state index in [0.717, 1.165) is 42.8 Å². The number of hydrogen-bond donors (Lipinski definition) is 0. The zero-order valence-corrected chi connectivity index (χ0v) is 11.6. The van der Waals surface area contributed by atoms with Gasteiger partial charge in [-0.25, -0.2) is 15.0 Å². The van der Waals surface area contributed by atoms with Gasteiger partial charge in [-0.15, -0.1) is 11.3 Å². The van der Waals surface area contributed by atoms with E-state index in [9.17, 15) is 0 Å². The van der Waals surface area contributed by atoms with Crippen LogP contribution < -0.4 is 0 Å². The van der Waals surface area contributed by atoms with Crippen molar-refractivity contribution in [3.05, 3.63) is 40.4 Å². The van der Waals surface area contributed by atoms with Crippen molar-refractivity contribution in [1.82, 2.24) is 19.9 Å². The number of morpholine rings is 1. The van der Waals surface area contributed by atoms with Gasteiger partial charge in [0.2, 0.25) is 0 Å².